The summed E-state index contributed by atoms with van der Waals surface area (Å²) in [6.45, 7) is 3.76. The molecule has 1 atom stereocenters. The Morgan fingerprint density at radius 1 is 1.43 bits per heavy atom. The molecule has 2 rings (SSSR count). The van der Waals surface area contributed by atoms with Crippen LogP contribution in [0.1, 0.15) is 19.8 Å². The van der Waals surface area contributed by atoms with Crippen LogP contribution in [0.4, 0.5) is 0 Å². The van der Waals surface area contributed by atoms with Crippen molar-refractivity contribution in [3.63, 3.8) is 0 Å². The molecule has 1 N–H and O–H groups in total. The number of hydrogen-bond donors (Lipinski definition) is 1. The van der Waals surface area contributed by atoms with Gasteiger partial charge in [-0.2, -0.15) is 0 Å². The summed E-state index contributed by atoms with van der Waals surface area (Å²) < 4.78 is 6.68. The van der Waals surface area contributed by atoms with Crippen LogP contribution in [-0.4, -0.2) is 43.1 Å². The zero-order valence-electron chi connectivity index (χ0n) is 12.3. The summed E-state index contributed by atoms with van der Waals surface area (Å²) in [6.07, 6.45) is 1.54. The molecule has 0 saturated carbocycles. The maximum absolute atomic E-state index is 12.4. The Morgan fingerprint density at radius 3 is 2.71 bits per heavy atom. The van der Waals surface area contributed by atoms with Crippen molar-refractivity contribution in [2.45, 2.75) is 31.9 Å². The number of nitrogens with zero attached hydrogens (tertiary/aromatic N) is 1. The van der Waals surface area contributed by atoms with Gasteiger partial charge in [-0.15, -0.1) is 12.4 Å². The number of halogens is 2. The number of carbonyl (C=O) groups excluding carboxylic acids is 1. The van der Waals surface area contributed by atoms with E-state index in [2.05, 4.69) is 21.2 Å². The number of rotatable bonds is 4. The molecule has 0 bridgehead atoms. The lowest BCUT2D eigenvalue weighted by Gasteiger charge is -2.33. The maximum atomic E-state index is 12.4. The van der Waals surface area contributed by atoms with Crippen molar-refractivity contribution in [3.05, 3.63) is 28.7 Å². The van der Waals surface area contributed by atoms with Crippen LogP contribution < -0.4 is 10.1 Å². The Labute approximate surface area is 140 Å². The van der Waals surface area contributed by atoms with Gasteiger partial charge >= 0.3 is 0 Å². The number of benzene rings is 1. The third-order valence-corrected chi connectivity index (χ3v) is 4.15. The number of ether oxygens (including phenoxy) is 1. The second kappa shape index (κ2) is 8.61. The predicted molar refractivity (Wildman–Crippen MR) is 90.1 cm³/mol. The zero-order chi connectivity index (χ0) is 14.5. The fourth-order valence-corrected chi connectivity index (χ4v) is 2.83. The summed E-state index contributed by atoms with van der Waals surface area (Å²) in [4.78, 5) is 14.2. The molecule has 0 radical (unpaired) electrons. The van der Waals surface area contributed by atoms with Crippen LogP contribution in [0.5, 0.6) is 5.75 Å². The van der Waals surface area contributed by atoms with Crippen LogP contribution in [-0.2, 0) is 4.79 Å². The van der Waals surface area contributed by atoms with Gasteiger partial charge in [0.2, 0.25) is 0 Å². The van der Waals surface area contributed by atoms with E-state index >= 15 is 0 Å². The van der Waals surface area contributed by atoms with E-state index in [-0.39, 0.29) is 18.3 Å². The van der Waals surface area contributed by atoms with Gasteiger partial charge in [0, 0.05) is 17.6 Å². The first kappa shape index (κ1) is 18.3. The normalized spacial score (nSPS) is 16.7. The van der Waals surface area contributed by atoms with E-state index in [4.69, 9.17) is 4.74 Å². The van der Waals surface area contributed by atoms with E-state index in [9.17, 15) is 4.79 Å². The van der Waals surface area contributed by atoms with Crippen molar-refractivity contribution < 1.29 is 9.53 Å². The molecule has 1 unspecified atom stereocenters. The van der Waals surface area contributed by atoms with Gasteiger partial charge in [0.05, 0.1) is 0 Å². The van der Waals surface area contributed by atoms with Crippen molar-refractivity contribution >= 4 is 34.2 Å². The summed E-state index contributed by atoms with van der Waals surface area (Å²) in [5.41, 5.74) is 0. The molecule has 118 valence electrons. The quantitative estimate of drug-likeness (QED) is 0.877. The fraction of sp³-hybridized carbons (Fsp3) is 0.533. The van der Waals surface area contributed by atoms with Crippen molar-refractivity contribution in [1.82, 2.24) is 10.2 Å². The minimum Gasteiger partial charge on any atom is -0.481 e. The largest absolute Gasteiger partial charge is 0.481 e. The van der Waals surface area contributed by atoms with Crippen molar-refractivity contribution in [3.8, 4) is 5.75 Å². The topological polar surface area (TPSA) is 41.6 Å². The average molecular weight is 378 g/mol. The molecule has 0 aliphatic carbocycles. The third kappa shape index (κ3) is 5.16. The second-order valence-electron chi connectivity index (χ2n) is 5.15. The van der Waals surface area contributed by atoms with Gasteiger partial charge in [0.15, 0.2) is 6.10 Å². The standard InChI is InChI=1S/C15H21BrN2O2.ClH/c1-11(20-14-5-3-4-12(16)10-14)15(19)18(2)13-6-8-17-9-7-13;/h3-5,10-11,13,17H,6-9H2,1-2H3;1H. The number of piperidine rings is 1. The van der Waals surface area contributed by atoms with E-state index in [1.807, 2.05) is 36.2 Å². The lowest BCUT2D eigenvalue weighted by Crippen LogP contribution is -2.48. The monoisotopic (exact) mass is 376 g/mol. The Morgan fingerprint density at radius 2 is 2.10 bits per heavy atom. The molecule has 1 saturated heterocycles. The Hall–Kier alpha value is -0.780. The summed E-state index contributed by atoms with van der Waals surface area (Å²) in [5.74, 6) is 0.746. The molecular weight excluding hydrogens is 356 g/mol. The van der Waals surface area contributed by atoms with Crippen LogP contribution in [0.15, 0.2) is 28.7 Å². The van der Waals surface area contributed by atoms with Crippen LogP contribution in [0.25, 0.3) is 0 Å². The molecule has 0 spiro atoms. The van der Waals surface area contributed by atoms with E-state index in [1.54, 1.807) is 6.92 Å². The van der Waals surface area contributed by atoms with Crippen LogP contribution in [0.2, 0.25) is 0 Å². The summed E-state index contributed by atoms with van der Waals surface area (Å²) in [6, 6.07) is 7.87. The van der Waals surface area contributed by atoms with Gasteiger partial charge < -0.3 is 15.0 Å². The van der Waals surface area contributed by atoms with E-state index in [0.717, 1.165) is 30.4 Å². The maximum Gasteiger partial charge on any atom is 0.263 e. The van der Waals surface area contributed by atoms with Crippen molar-refractivity contribution in [1.29, 1.82) is 0 Å². The number of amides is 1. The van der Waals surface area contributed by atoms with Gasteiger partial charge in [0.25, 0.3) is 5.91 Å². The van der Waals surface area contributed by atoms with Gasteiger partial charge in [-0.25, -0.2) is 0 Å². The molecule has 6 heteroatoms. The van der Waals surface area contributed by atoms with Gasteiger partial charge in [-0.3, -0.25) is 4.79 Å². The number of carbonyl (C=O) groups is 1. The average Bonchev–Trinajstić information content (AvgIpc) is 2.46. The van der Waals surface area contributed by atoms with Crippen LogP contribution in [0, 0.1) is 0 Å². The molecule has 1 amide bonds. The summed E-state index contributed by atoms with van der Waals surface area (Å²) in [7, 11) is 1.87. The summed E-state index contributed by atoms with van der Waals surface area (Å²) in [5, 5.41) is 3.31. The lowest BCUT2D eigenvalue weighted by atomic mass is 10.0. The minimum absolute atomic E-state index is 0. The number of nitrogens with one attached hydrogen (secondary N) is 1. The highest BCUT2D eigenvalue weighted by molar-refractivity contribution is 9.10. The van der Waals surface area contributed by atoms with E-state index < -0.39 is 6.10 Å². The van der Waals surface area contributed by atoms with Gasteiger partial charge in [0.1, 0.15) is 5.75 Å². The molecule has 1 aromatic carbocycles. The lowest BCUT2D eigenvalue weighted by molar-refractivity contribution is -0.139. The first-order chi connectivity index (χ1) is 9.58. The highest BCUT2D eigenvalue weighted by atomic mass is 79.9. The first-order valence-corrected chi connectivity index (χ1v) is 7.77. The van der Waals surface area contributed by atoms with Crippen LogP contribution in [0.3, 0.4) is 0 Å². The molecule has 1 aliphatic heterocycles. The molecule has 1 heterocycles. The summed E-state index contributed by atoms with van der Waals surface area (Å²) >= 11 is 3.40. The van der Waals surface area contributed by atoms with Crippen molar-refractivity contribution in [2.75, 3.05) is 20.1 Å². The molecule has 1 fully saturated rings. The predicted octanol–water partition coefficient (Wildman–Crippen LogP) is 2.85. The van der Waals surface area contributed by atoms with Crippen LogP contribution >= 0.6 is 28.3 Å². The fourth-order valence-electron chi connectivity index (χ4n) is 2.46. The zero-order valence-corrected chi connectivity index (χ0v) is 14.7. The van der Waals surface area contributed by atoms with E-state index in [1.165, 1.54) is 0 Å². The van der Waals surface area contributed by atoms with Crippen molar-refractivity contribution in [2.24, 2.45) is 0 Å². The van der Waals surface area contributed by atoms with Gasteiger partial charge in [-0.05, 0) is 51.1 Å². The molecule has 1 aromatic rings. The molecule has 0 aromatic heterocycles. The Balaban J connectivity index is 0.00000220. The third-order valence-electron chi connectivity index (χ3n) is 3.66. The highest BCUT2D eigenvalue weighted by Gasteiger charge is 2.26. The van der Waals surface area contributed by atoms with Gasteiger partial charge in [-0.1, -0.05) is 22.0 Å². The smallest absolute Gasteiger partial charge is 0.263 e. The number of likely N-dealkylation sites (N-methyl/N-ethyl adjacent to an activating group) is 1. The minimum atomic E-state index is -0.468. The van der Waals surface area contributed by atoms with E-state index in [0.29, 0.717) is 11.8 Å². The molecule has 1 aliphatic rings. The number of hydrogen-bond acceptors (Lipinski definition) is 3. The highest BCUT2D eigenvalue weighted by Crippen LogP contribution is 2.20. The SMILES string of the molecule is CC(Oc1cccc(Br)c1)C(=O)N(C)C1CCNCC1.Cl. The first-order valence-electron chi connectivity index (χ1n) is 6.97. The second-order valence-corrected chi connectivity index (χ2v) is 6.06. The molecular formula is C15H22BrClN2O2. The Bertz CT molecular complexity index is 467. The molecule has 21 heavy (non-hydrogen) atoms. The Kier molecular flexibility index (Phi) is 7.49. The molecule has 4 nitrogen and oxygen atoms in total.